The summed E-state index contributed by atoms with van der Waals surface area (Å²) in [7, 11) is 3.32. The quantitative estimate of drug-likeness (QED) is 0.730. The summed E-state index contributed by atoms with van der Waals surface area (Å²) >= 11 is 3.62. The van der Waals surface area contributed by atoms with E-state index in [0.717, 1.165) is 42.2 Å². The molecule has 0 aromatic heterocycles. The van der Waals surface area contributed by atoms with Crippen LogP contribution in [0.25, 0.3) is 0 Å². The highest BCUT2D eigenvalue weighted by Gasteiger charge is 2.19. The Balaban J connectivity index is 1.88. The average molecular weight is 383 g/mol. The molecule has 23 heavy (non-hydrogen) atoms. The predicted octanol–water partition coefficient (Wildman–Crippen LogP) is 3.60. The van der Waals surface area contributed by atoms with Crippen LogP contribution >= 0.6 is 15.9 Å². The van der Waals surface area contributed by atoms with E-state index in [2.05, 4.69) is 39.6 Å². The molecule has 1 fully saturated rings. The molecule has 1 saturated heterocycles. The number of piperidine rings is 1. The minimum absolute atomic E-state index is 0.566. The Morgan fingerprint density at radius 1 is 1.26 bits per heavy atom. The zero-order chi connectivity index (χ0) is 16.8. The van der Waals surface area contributed by atoms with Gasteiger partial charge in [0.2, 0.25) is 0 Å². The van der Waals surface area contributed by atoms with E-state index < -0.39 is 0 Å². The first-order chi connectivity index (χ1) is 11.0. The lowest BCUT2D eigenvalue weighted by Gasteiger charge is -2.32. The molecule has 5 heteroatoms. The fraction of sp³-hybridized carbons (Fsp3) is 0.556. The number of rotatable bonds is 7. The SMILES string of the molecule is C=C(C)CN1CCC(NCc2cc(OC)c(OC)cc2Br)CC1. The molecule has 1 heterocycles. The minimum Gasteiger partial charge on any atom is -0.493 e. The van der Waals surface area contributed by atoms with Crippen molar-refractivity contribution in [1.29, 1.82) is 0 Å². The second kappa shape index (κ2) is 8.71. The van der Waals surface area contributed by atoms with Crippen LogP contribution in [0.5, 0.6) is 11.5 Å². The summed E-state index contributed by atoms with van der Waals surface area (Å²) in [6.45, 7) is 10.2. The van der Waals surface area contributed by atoms with Crippen molar-refractivity contribution in [1.82, 2.24) is 10.2 Å². The molecule has 0 unspecified atom stereocenters. The minimum atomic E-state index is 0.566. The molecule has 4 nitrogen and oxygen atoms in total. The first-order valence-electron chi connectivity index (χ1n) is 8.04. The van der Waals surface area contributed by atoms with Gasteiger partial charge in [0.15, 0.2) is 11.5 Å². The Bertz CT molecular complexity index is 540. The number of hydrogen-bond donors (Lipinski definition) is 1. The van der Waals surface area contributed by atoms with Gasteiger partial charge in [0.05, 0.1) is 14.2 Å². The van der Waals surface area contributed by atoms with Gasteiger partial charge in [0.25, 0.3) is 0 Å². The fourth-order valence-electron chi connectivity index (χ4n) is 2.96. The summed E-state index contributed by atoms with van der Waals surface area (Å²) in [5, 5.41) is 3.67. The van der Waals surface area contributed by atoms with E-state index in [0.29, 0.717) is 6.04 Å². The number of methoxy groups -OCH3 is 2. The van der Waals surface area contributed by atoms with E-state index >= 15 is 0 Å². The van der Waals surface area contributed by atoms with Crippen LogP contribution < -0.4 is 14.8 Å². The van der Waals surface area contributed by atoms with Crippen molar-refractivity contribution in [2.75, 3.05) is 33.9 Å². The Morgan fingerprint density at radius 2 is 1.87 bits per heavy atom. The first kappa shape index (κ1) is 18.3. The second-order valence-electron chi connectivity index (χ2n) is 6.19. The highest BCUT2D eigenvalue weighted by Crippen LogP contribution is 2.33. The number of nitrogens with one attached hydrogen (secondary N) is 1. The van der Waals surface area contributed by atoms with Crippen molar-refractivity contribution in [3.63, 3.8) is 0 Å². The van der Waals surface area contributed by atoms with E-state index in [1.165, 1.54) is 24.0 Å². The van der Waals surface area contributed by atoms with Crippen molar-refractivity contribution >= 4 is 15.9 Å². The normalized spacial score (nSPS) is 16.3. The van der Waals surface area contributed by atoms with Gasteiger partial charge in [-0.15, -0.1) is 0 Å². The molecule has 1 aliphatic heterocycles. The van der Waals surface area contributed by atoms with E-state index in [1.54, 1.807) is 14.2 Å². The molecule has 0 atom stereocenters. The molecular formula is C18H27BrN2O2. The summed E-state index contributed by atoms with van der Waals surface area (Å²) in [5.74, 6) is 1.51. The van der Waals surface area contributed by atoms with Gasteiger partial charge in [-0.2, -0.15) is 0 Å². The van der Waals surface area contributed by atoms with E-state index in [9.17, 15) is 0 Å². The summed E-state index contributed by atoms with van der Waals surface area (Å²) in [6.07, 6.45) is 2.36. The molecular weight excluding hydrogens is 356 g/mol. The standard InChI is InChI=1S/C18H27BrN2O2/c1-13(2)12-21-7-5-15(6-8-21)20-11-14-9-17(22-3)18(23-4)10-16(14)19/h9-10,15,20H,1,5-8,11-12H2,2-4H3. The van der Waals surface area contributed by atoms with Gasteiger partial charge in [-0.25, -0.2) is 0 Å². The van der Waals surface area contributed by atoms with Crippen LogP contribution in [0, 0.1) is 0 Å². The number of hydrogen-bond acceptors (Lipinski definition) is 4. The molecule has 0 saturated carbocycles. The lowest BCUT2D eigenvalue weighted by Crippen LogP contribution is -2.42. The summed E-state index contributed by atoms with van der Waals surface area (Å²) in [5.41, 5.74) is 2.43. The number of benzene rings is 1. The maximum absolute atomic E-state index is 5.39. The van der Waals surface area contributed by atoms with Gasteiger partial charge >= 0.3 is 0 Å². The molecule has 1 aromatic carbocycles. The van der Waals surface area contributed by atoms with Crippen molar-refractivity contribution < 1.29 is 9.47 Å². The lowest BCUT2D eigenvalue weighted by atomic mass is 10.0. The van der Waals surface area contributed by atoms with Crippen LogP contribution in [0.1, 0.15) is 25.3 Å². The second-order valence-corrected chi connectivity index (χ2v) is 7.04. The van der Waals surface area contributed by atoms with Crippen LogP contribution in [-0.4, -0.2) is 44.8 Å². The largest absolute Gasteiger partial charge is 0.493 e. The Morgan fingerprint density at radius 3 is 2.43 bits per heavy atom. The van der Waals surface area contributed by atoms with Crippen LogP contribution in [0.4, 0.5) is 0 Å². The van der Waals surface area contributed by atoms with Gasteiger partial charge in [-0.3, -0.25) is 4.90 Å². The van der Waals surface area contributed by atoms with Crippen molar-refractivity contribution in [2.24, 2.45) is 0 Å². The van der Waals surface area contributed by atoms with Crippen LogP contribution in [-0.2, 0) is 6.54 Å². The van der Waals surface area contributed by atoms with E-state index in [4.69, 9.17) is 9.47 Å². The third kappa shape index (κ3) is 5.23. The molecule has 1 N–H and O–H groups in total. The number of nitrogens with zero attached hydrogens (tertiary/aromatic N) is 1. The van der Waals surface area contributed by atoms with Crippen molar-refractivity contribution in [3.05, 3.63) is 34.3 Å². The van der Waals surface area contributed by atoms with Crippen LogP contribution in [0.15, 0.2) is 28.8 Å². The zero-order valence-corrected chi connectivity index (χ0v) is 15.9. The Hall–Kier alpha value is -1.04. The highest BCUT2D eigenvalue weighted by molar-refractivity contribution is 9.10. The smallest absolute Gasteiger partial charge is 0.161 e. The number of halogens is 1. The summed E-state index contributed by atoms with van der Waals surface area (Å²) < 4.78 is 11.8. The molecule has 128 valence electrons. The maximum Gasteiger partial charge on any atom is 0.161 e. The topological polar surface area (TPSA) is 33.7 Å². The van der Waals surface area contributed by atoms with Gasteiger partial charge in [0, 0.05) is 23.6 Å². The predicted molar refractivity (Wildman–Crippen MR) is 98.4 cm³/mol. The molecule has 0 amide bonds. The van der Waals surface area contributed by atoms with Crippen molar-refractivity contribution in [2.45, 2.75) is 32.4 Å². The van der Waals surface area contributed by atoms with E-state index in [-0.39, 0.29) is 0 Å². The van der Waals surface area contributed by atoms with Gasteiger partial charge in [-0.1, -0.05) is 28.1 Å². The van der Waals surface area contributed by atoms with Crippen molar-refractivity contribution in [3.8, 4) is 11.5 Å². The average Bonchev–Trinajstić information content (AvgIpc) is 2.54. The molecule has 1 aromatic rings. The number of ether oxygens (including phenoxy) is 2. The third-order valence-electron chi connectivity index (χ3n) is 4.21. The molecule has 0 radical (unpaired) electrons. The Labute approximate surface area is 148 Å². The lowest BCUT2D eigenvalue weighted by molar-refractivity contribution is 0.211. The van der Waals surface area contributed by atoms with Gasteiger partial charge in [0.1, 0.15) is 0 Å². The number of likely N-dealkylation sites (tertiary alicyclic amines) is 1. The highest BCUT2D eigenvalue weighted by atomic mass is 79.9. The molecule has 1 aliphatic rings. The molecule has 0 spiro atoms. The van der Waals surface area contributed by atoms with Crippen LogP contribution in [0.2, 0.25) is 0 Å². The first-order valence-corrected chi connectivity index (χ1v) is 8.83. The molecule has 0 aliphatic carbocycles. The summed E-state index contributed by atoms with van der Waals surface area (Å²) in [4.78, 5) is 2.48. The molecule has 2 rings (SSSR count). The monoisotopic (exact) mass is 382 g/mol. The molecule has 0 bridgehead atoms. The van der Waals surface area contributed by atoms with Crippen LogP contribution in [0.3, 0.4) is 0 Å². The van der Waals surface area contributed by atoms with E-state index in [1.807, 2.05) is 12.1 Å². The Kier molecular flexibility index (Phi) is 6.93. The third-order valence-corrected chi connectivity index (χ3v) is 4.95. The van der Waals surface area contributed by atoms with Gasteiger partial charge in [-0.05, 0) is 50.6 Å². The maximum atomic E-state index is 5.39. The summed E-state index contributed by atoms with van der Waals surface area (Å²) in [6, 6.07) is 4.56. The fourth-order valence-corrected chi connectivity index (χ4v) is 3.43. The van der Waals surface area contributed by atoms with Gasteiger partial charge < -0.3 is 14.8 Å². The zero-order valence-electron chi connectivity index (χ0n) is 14.3.